The first-order chi connectivity index (χ1) is 14.3. The van der Waals surface area contributed by atoms with Crippen molar-refractivity contribution in [1.82, 2.24) is 9.97 Å². The number of amides is 1. The highest BCUT2D eigenvalue weighted by atomic mass is 32.2. The Hall–Kier alpha value is -3.07. The quantitative estimate of drug-likeness (QED) is 0.423. The molecule has 0 spiro atoms. The molecular weight excluding hydrogens is 415 g/mol. The van der Waals surface area contributed by atoms with Crippen molar-refractivity contribution in [3.8, 4) is 17.0 Å². The Morgan fingerprint density at radius 1 is 1.07 bits per heavy atom. The molecule has 9 heteroatoms. The molecule has 0 aliphatic rings. The van der Waals surface area contributed by atoms with Crippen LogP contribution in [0.3, 0.4) is 0 Å². The van der Waals surface area contributed by atoms with Crippen LogP contribution in [0.5, 0.6) is 5.75 Å². The highest BCUT2D eigenvalue weighted by Crippen LogP contribution is 2.33. The maximum absolute atomic E-state index is 13.3. The maximum atomic E-state index is 13.3. The zero-order valence-electron chi connectivity index (χ0n) is 16.1. The number of benzene rings is 2. The number of rotatable bonds is 6. The Bertz CT molecular complexity index is 1030. The lowest BCUT2D eigenvalue weighted by atomic mass is 10.1. The van der Waals surface area contributed by atoms with Crippen LogP contribution in [0, 0.1) is 0 Å². The van der Waals surface area contributed by atoms with E-state index in [1.54, 1.807) is 61.5 Å². The number of halogens is 3. The van der Waals surface area contributed by atoms with Crippen molar-refractivity contribution in [3.05, 3.63) is 66.4 Å². The largest absolute Gasteiger partial charge is 0.497 e. The van der Waals surface area contributed by atoms with Gasteiger partial charge in [0.1, 0.15) is 11.4 Å². The van der Waals surface area contributed by atoms with Gasteiger partial charge < -0.3 is 10.1 Å². The van der Waals surface area contributed by atoms with E-state index >= 15 is 0 Å². The molecule has 2 aromatic carbocycles. The average Bonchev–Trinajstić information content (AvgIpc) is 2.73. The predicted octanol–water partition coefficient (Wildman–Crippen LogP) is 5.29. The van der Waals surface area contributed by atoms with Crippen LogP contribution in [0.15, 0.2) is 65.8 Å². The van der Waals surface area contributed by atoms with Crippen LogP contribution in [-0.2, 0) is 11.0 Å². The van der Waals surface area contributed by atoms with Crippen LogP contribution in [-0.4, -0.2) is 28.2 Å². The summed E-state index contributed by atoms with van der Waals surface area (Å²) in [5.74, 6) is 0.178. The number of carbonyl (C=O) groups excluding carboxylic acids is 1. The standard InChI is InChI=1S/C21H18F3N3O2S/c1-13(19(28)25-15-9-6-10-16(11-15)29-2)30-20-26-17(14-7-4-3-5-8-14)12-18(27-20)21(22,23)24/h3-13H,1-2H3,(H,25,28)/t13-/m0/s1. The fourth-order valence-corrected chi connectivity index (χ4v) is 3.32. The van der Waals surface area contributed by atoms with Crippen molar-refractivity contribution in [2.45, 2.75) is 23.5 Å². The van der Waals surface area contributed by atoms with Crippen molar-refractivity contribution in [2.75, 3.05) is 12.4 Å². The van der Waals surface area contributed by atoms with Gasteiger partial charge in [-0.1, -0.05) is 48.2 Å². The number of aromatic nitrogens is 2. The fraction of sp³-hybridized carbons (Fsp3) is 0.190. The Labute approximate surface area is 175 Å². The van der Waals surface area contributed by atoms with Crippen molar-refractivity contribution < 1.29 is 22.7 Å². The maximum Gasteiger partial charge on any atom is 0.433 e. The number of alkyl halides is 3. The number of hydrogen-bond acceptors (Lipinski definition) is 5. The zero-order valence-corrected chi connectivity index (χ0v) is 16.9. The van der Waals surface area contributed by atoms with Crippen LogP contribution >= 0.6 is 11.8 Å². The molecule has 0 saturated heterocycles. The topological polar surface area (TPSA) is 64.1 Å². The lowest BCUT2D eigenvalue weighted by Gasteiger charge is -2.14. The van der Waals surface area contributed by atoms with Crippen molar-refractivity contribution in [2.24, 2.45) is 0 Å². The summed E-state index contributed by atoms with van der Waals surface area (Å²) < 4.78 is 45.1. The third kappa shape index (κ3) is 5.50. The van der Waals surface area contributed by atoms with Crippen molar-refractivity contribution in [1.29, 1.82) is 0 Å². The second kappa shape index (κ2) is 9.17. The molecule has 1 amide bonds. The molecule has 1 atom stereocenters. The third-order valence-electron chi connectivity index (χ3n) is 4.05. The van der Waals surface area contributed by atoms with E-state index in [0.29, 0.717) is 17.0 Å². The van der Waals surface area contributed by atoms with Gasteiger partial charge in [-0.15, -0.1) is 0 Å². The predicted molar refractivity (Wildman–Crippen MR) is 109 cm³/mol. The molecule has 0 radical (unpaired) electrons. The molecule has 1 N–H and O–H groups in total. The summed E-state index contributed by atoms with van der Waals surface area (Å²) >= 11 is 0.854. The van der Waals surface area contributed by atoms with Crippen molar-refractivity contribution >= 4 is 23.4 Å². The average molecular weight is 433 g/mol. The number of nitrogens with zero attached hydrogens (tertiary/aromatic N) is 2. The number of thioether (sulfide) groups is 1. The molecule has 0 aliphatic heterocycles. The zero-order chi connectivity index (χ0) is 21.7. The molecule has 5 nitrogen and oxygen atoms in total. The minimum atomic E-state index is -4.63. The minimum Gasteiger partial charge on any atom is -0.497 e. The molecule has 0 fully saturated rings. The lowest BCUT2D eigenvalue weighted by Crippen LogP contribution is -2.23. The first kappa shape index (κ1) is 21.6. The fourth-order valence-electron chi connectivity index (χ4n) is 2.54. The van der Waals surface area contributed by atoms with E-state index in [1.807, 2.05) is 0 Å². The molecule has 0 bridgehead atoms. The van der Waals surface area contributed by atoms with E-state index in [1.165, 1.54) is 7.11 Å². The summed E-state index contributed by atoms with van der Waals surface area (Å²) in [5.41, 5.74) is 0.127. The summed E-state index contributed by atoms with van der Waals surface area (Å²) in [7, 11) is 1.51. The van der Waals surface area contributed by atoms with E-state index in [4.69, 9.17) is 4.74 Å². The molecule has 0 unspecified atom stereocenters. The molecule has 3 aromatic rings. The highest BCUT2D eigenvalue weighted by molar-refractivity contribution is 8.00. The minimum absolute atomic E-state index is 0.128. The molecule has 1 heterocycles. The second-order valence-corrected chi connectivity index (χ2v) is 7.57. The van der Waals surface area contributed by atoms with Crippen LogP contribution in [0.4, 0.5) is 18.9 Å². The molecule has 3 rings (SSSR count). The van der Waals surface area contributed by atoms with Gasteiger partial charge in [0, 0.05) is 17.3 Å². The van der Waals surface area contributed by atoms with Crippen LogP contribution in [0.25, 0.3) is 11.3 Å². The van der Waals surface area contributed by atoms with Crippen LogP contribution < -0.4 is 10.1 Å². The number of carbonyl (C=O) groups is 1. The van der Waals surface area contributed by atoms with E-state index in [-0.39, 0.29) is 10.9 Å². The van der Waals surface area contributed by atoms with Gasteiger partial charge in [-0.2, -0.15) is 13.2 Å². The van der Waals surface area contributed by atoms with Gasteiger partial charge in [-0.05, 0) is 25.1 Å². The lowest BCUT2D eigenvalue weighted by molar-refractivity contribution is -0.141. The Kier molecular flexibility index (Phi) is 6.61. The Morgan fingerprint density at radius 2 is 1.80 bits per heavy atom. The van der Waals surface area contributed by atoms with Gasteiger partial charge >= 0.3 is 6.18 Å². The number of ether oxygens (including phenoxy) is 1. The number of nitrogens with one attached hydrogen (secondary N) is 1. The Morgan fingerprint density at radius 3 is 2.47 bits per heavy atom. The third-order valence-corrected chi connectivity index (χ3v) is 5.02. The molecule has 30 heavy (non-hydrogen) atoms. The summed E-state index contributed by atoms with van der Waals surface area (Å²) in [6, 6.07) is 16.2. The van der Waals surface area contributed by atoms with Gasteiger partial charge in [-0.3, -0.25) is 4.79 Å². The van der Waals surface area contributed by atoms with Gasteiger partial charge in [0.05, 0.1) is 18.1 Å². The van der Waals surface area contributed by atoms with Gasteiger partial charge in [-0.25, -0.2) is 9.97 Å². The Balaban J connectivity index is 1.83. The van der Waals surface area contributed by atoms with E-state index < -0.39 is 23.0 Å². The molecule has 1 aromatic heterocycles. The second-order valence-electron chi connectivity index (χ2n) is 6.27. The molecule has 0 saturated carbocycles. The molecular formula is C21H18F3N3O2S. The first-order valence-corrected chi connectivity index (χ1v) is 9.77. The smallest absolute Gasteiger partial charge is 0.433 e. The summed E-state index contributed by atoms with van der Waals surface area (Å²) in [4.78, 5) is 20.3. The SMILES string of the molecule is COc1cccc(NC(=O)[C@H](C)Sc2nc(-c3ccccc3)cc(C(F)(F)F)n2)c1. The van der Waals surface area contributed by atoms with Gasteiger partial charge in [0.15, 0.2) is 5.16 Å². The summed E-state index contributed by atoms with van der Waals surface area (Å²) in [5, 5.41) is 1.85. The van der Waals surface area contributed by atoms with E-state index in [2.05, 4.69) is 15.3 Å². The van der Waals surface area contributed by atoms with E-state index in [9.17, 15) is 18.0 Å². The number of methoxy groups -OCH3 is 1. The van der Waals surface area contributed by atoms with Crippen molar-refractivity contribution in [3.63, 3.8) is 0 Å². The van der Waals surface area contributed by atoms with Crippen LogP contribution in [0.1, 0.15) is 12.6 Å². The number of hydrogen-bond donors (Lipinski definition) is 1. The highest BCUT2D eigenvalue weighted by Gasteiger charge is 2.34. The van der Waals surface area contributed by atoms with Gasteiger partial charge in [0.2, 0.25) is 5.91 Å². The first-order valence-electron chi connectivity index (χ1n) is 8.89. The summed E-state index contributed by atoms with van der Waals surface area (Å²) in [6.45, 7) is 1.58. The molecule has 0 aliphatic carbocycles. The monoisotopic (exact) mass is 433 g/mol. The normalized spacial score (nSPS) is 12.3. The molecule has 156 valence electrons. The van der Waals surface area contributed by atoms with Gasteiger partial charge in [0.25, 0.3) is 0 Å². The number of anilines is 1. The van der Waals surface area contributed by atoms with Crippen LogP contribution in [0.2, 0.25) is 0 Å². The van der Waals surface area contributed by atoms with E-state index in [0.717, 1.165) is 17.8 Å². The summed E-state index contributed by atoms with van der Waals surface area (Å²) in [6.07, 6.45) is -4.63.